The lowest BCUT2D eigenvalue weighted by Crippen LogP contribution is -2.08. The van der Waals surface area contributed by atoms with Gasteiger partial charge in [-0.2, -0.15) is 0 Å². The van der Waals surface area contributed by atoms with E-state index in [1.165, 1.54) is 42.6 Å². The maximum Gasteiger partial charge on any atom is 0.0814 e. The van der Waals surface area contributed by atoms with Crippen molar-refractivity contribution >= 4 is 11.8 Å². The van der Waals surface area contributed by atoms with Crippen LogP contribution in [0.4, 0.5) is 0 Å². The van der Waals surface area contributed by atoms with Crippen LogP contribution >= 0.6 is 11.8 Å². The van der Waals surface area contributed by atoms with Crippen molar-refractivity contribution < 1.29 is 5.11 Å². The van der Waals surface area contributed by atoms with Crippen LogP contribution in [0.3, 0.4) is 0 Å². The van der Waals surface area contributed by atoms with Crippen LogP contribution in [0, 0.1) is 12.8 Å². The second-order valence-electron chi connectivity index (χ2n) is 5.47. The number of thioether (sulfide) groups is 1. The molecule has 1 aromatic rings. The number of hydrogen-bond donors (Lipinski definition) is 1. The van der Waals surface area contributed by atoms with Crippen LogP contribution in [0.25, 0.3) is 0 Å². The first-order valence-corrected chi connectivity index (χ1v) is 8.28. The van der Waals surface area contributed by atoms with Gasteiger partial charge >= 0.3 is 0 Å². The Kier molecular flexibility index (Phi) is 5.99. The Labute approximate surface area is 121 Å². The van der Waals surface area contributed by atoms with Gasteiger partial charge in [0.05, 0.1) is 6.10 Å². The predicted octanol–water partition coefficient (Wildman–Crippen LogP) is 4.58. The van der Waals surface area contributed by atoms with Crippen molar-refractivity contribution in [3.05, 3.63) is 42.0 Å². The van der Waals surface area contributed by atoms with E-state index in [1.54, 1.807) is 11.8 Å². The average molecular weight is 276 g/mol. The van der Waals surface area contributed by atoms with Gasteiger partial charge < -0.3 is 5.11 Å². The molecule has 19 heavy (non-hydrogen) atoms. The fraction of sp³-hybridized carbons (Fsp3) is 0.529. The predicted molar refractivity (Wildman–Crippen MR) is 83.6 cm³/mol. The topological polar surface area (TPSA) is 20.2 Å². The minimum atomic E-state index is -0.326. The molecule has 2 rings (SSSR count). The molecule has 0 radical (unpaired) electrons. The standard InChI is InChI=1S/C17H24OS/c1-14-7-11-17(12-8-14)19-13-16(18)10-9-15-5-3-2-4-6-15/h7-12,15-16,18H,2-6,13H2,1H3/b10-9+/t16-/m0/s1. The zero-order chi connectivity index (χ0) is 13.5. The molecule has 1 N–H and O–H groups in total. The molecule has 0 aliphatic heterocycles. The third-order valence-electron chi connectivity index (χ3n) is 3.70. The Morgan fingerprint density at radius 2 is 1.89 bits per heavy atom. The van der Waals surface area contributed by atoms with E-state index in [1.807, 2.05) is 6.08 Å². The molecule has 1 aromatic carbocycles. The van der Waals surface area contributed by atoms with Crippen LogP contribution in [-0.2, 0) is 0 Å². The van der Waals surface area contributed by atoms with E-state index in [-0.39, 0.29) is 6.10 Å². The van der Waals surface area contributed by atoms with Crippen molar-refractivity contribution in [3.8, 4) is 0 Å². The Bertz CT molecular complexity index is 390. The van der Waals surface area contributed by atoms with Gasteiger partial charge in [-0.1, -0.05) is 49.1 Å². The summed E-state index contributed by atoms with van der Waals surface area (Å²) in [5.41, 5.74) is 1.28. The molecule has 104 valence electrons. The Balaban J connectivity index is 1.73. The zero-order valence-corrected chi connectivity index (χ0v) is 12.5. The maximum atomic E-state index is 9.99. The number of benzene rings is 1. The normalized spacial score (nSPS) is 18.8. The van der Waals surface area contributed by atoms with E-state index >= 15 is 0 Å². The summed E-state index contributed by atoms with van der Waals surface area (Å²) in [6.07, 6.45) is 10.6. The first-order chi connectivity index (χ1) is 9.24. The van der Waals surface area contributed by atoms with Crippen LogP contribution in [0.2, 0.25) is 0 Å². The van der Waals surface area contributed by atoms with E-state index in [4.69, 9.17) is 0 Å². The third-order valence-corrected chi connectivity index (χ3v) is 4.81. The molecule has 0 spiro atoms. The van der Waals surface area contributed by atoms with E-state index in [9.17, 15) is 5.11 Å². The number of hydrogen-bond acceptors (Lipinski definition) is 2. The number of aliphatic hydroxyl groups is 1. The van der Waals surface area contributed by atoms with Gasteiger partial charge in [0.2, 0.25) is 0 Å². The fourth-order valence-electron chi connectivity index (χ4n) is 2.48. The third kappa shape index (κ3) is 5.42. The van der Waals surface area contributed by atoms with Gasteiger partial charge in [-0.3, -0.25) is 0 Å². The Morgan fingerprint density at radius 3 is 2.58 bits per heavy atom. The SMILES string of the molecule is Cc1ccc(SC[C@@H](O)/C=C/C2CCCCC2)cc1. The van der Waals surface area contributed by atoms with Crippen LogP contribution in [0.15, 0.2) is 41.3 Å². The first kappa shape index (κ1) is 14.7. The molecule has 1 atom stereocenters. The monoisotopic (exact) mass is 276 g/mol. The van der Waals surface area contributed by atoms with Crippen LogP contribution in [-0.4, -0.2) is 17.0 Å². The molecular weight excluding hydrogens is 252 g/mol. The molecule has 1 saturated carbocycles. The van der Waals surface area contributed by atoms with E-state index < -0.39 is 0 Å². The number of rotatable bonds is 5. The molecule has 1 nitrogen and oxygen atoms in total. The van der Waals surface area contributed by atoms with Crippen LogP contribution in [0.5, 0.6) is 0 Å². The van der Waals surface area contributed by atoms with Crippen molar-refractivity contribution in [2.75, 3.05) is 5.75 Å². The first-order valence-electron chi connectivity index (χ1n) is 7.30. The lowest BCUT2D eigenvalue weighted by molar-refractivity contribution is 0.247. The summed E-state index contributed by atoms with van der Waals surface area (Å²) >= 11 is 1.72. The molecule has 1 aliphatic carbocycles. The van der Waals surface area contributed by atoms with Gasteiger partial charge in [0.25, 0.3) is 0 Å². The highest BCUT2D eigenvalue weighted by Gasteiger charge is 2.10. The molecule has 1 fully saturated rings. The quantitative estimate of drug-likeness (QED) is 0.627. The highest BCUT2D eigenvalue weighted by Crippen LogP contribution is 2.25. The van der Waals surface area contributed by atoms with Crippen LogP contribution in [0.1, 0.15) is 37.7 Å². The minimum Gasteiger partial charge on any atom is -0.388 e. The number of allylic oxidation sites excluding steroid dienone is 1. The molecule has 1 aliphatic rings. The molecule has 2 heteroatoms. The highest BCUT2D eigenvalue weighted by molar-refractivity contribution is 7.99. The van der Waals surface area contributed by atoms with Crippen molar-refractivity contribution in [2.45, 2.75) is 50.0 Å². The molecule has 0 aromatic heterocycles. The smallest absolute Gasteiger partial charge is 0.0814 e. The van der Waals surface area contributed by atoms with Gasteiger partial charge in [0.15, 0.2) is 0 Å². The molecule has 0 bridgehead atoms. The largest absolute Gasteiger partial charge is 0.388 e. The highest BCUT2D eigenvalue weighted by atomic mass is 32.2. The van der Waals surface area contributed by atoms with E-state index in [2.05, 4.69) is 37.3 Å². The lowest BCUT2D eigenvalue weighted by atomic mass is 9.89. The summed E-state index contributed by atoms with van der Waals surface area (Å²) in [5, 5.41) is 9.99. The molecule has 0 saturated heterocycles. The van der Waals surface area contributed by atoms with Gasteiger partial charge in [-0.15, -0.1) is 11.8 Å². The van der Waals surface area contributed by atoms with Gasteiger partial charge in [-0.25, -0.2) is 0 Å². The van der Waals surface area contributed by atoms with E-state index in [0.29, 0.717) is 5.92 Å². The second-order valence-corrected chi connectivity index (χ2v) is 6.57. The molecular formula is C17H24OS. The zero-order valence-electron chi connectivity index (χ0n) is 11.7. The number of aryl methyl sites for hydroxylation is 1. The Hall–Kier alpha value is -0.730. The second kappa shape index (κ2) is 7.76. The van der Waals surface area contributed by atoms with E-state index in [0.717, 1.165) is 5.75 Å². The molecule has 0 heterocycles. The average Bonchev–Trinajstić information content (AvgIpc) is 2.45. The lowest BCUT2D eigenvalue weighted by Gasteiger charge is -2.18. The minimum absolute atomic E-state index is 0.326. The fourth-order valence-corrected chi connectivity index (χ4v) is 3.29. The summed E-state index contributed by atoms with van der Waals surface area (Å²) in [6, 6.07) is 8.48. The van der Waals surface area contributed by atoms with Gasteiger partial charge in [-0.05, 0) is 37.8 Å². The van der Waals surface area contributed by atoms with Crippen molar-refractivity contribution in [3.63, 3.8) is 0 Å². The van der Waals surface area contributed by atoms with Gasteiger partial charge in [0.1, 0.15) is 0 Å². The Morgan fingerprint density at radius 1 is 1.21 bits per heavy atom. The maximum absolute atomic E-state index is 9.99. The van der Waals surface area contributed by atoms with Crippen molar-refractivity contribution in [1.82, 2.24) is 0 Å². The summed E-state index contributed by atoms with van der Waals surface area (Å²) in [5.74, 6) is 1.44. The van der Waals surface area contributed by atoms with Gasteiger partial charge in [0, 0.05) is 10.6 Å². The summed E-state index contributed by atoms with van der Waals surface area (Å²) < 4.78 is 0. The number of aliphatic hydroxyl groups excluding tert-OH is 1. The van der Waals surface area contributed by atoms with Crippen molar-refractivity contribution in [2.24, 2.45) is 5.92 Å². The molecule has 0 unspecified atom stereocenters. The van der Waals surface area contributed by atoms with Crippen LogP contribution < -0.4 is 0 Å². The van der Waals surface area contributed by atoms with Crippen molar-refractivity contribution in [1.29, 1.82) is 0 Å². The summed E-state index contributed by atoms with van der Waals surface area (Å²) in [6.45, 7) is 2.09. The summed E-state index contributed by atoms with van der Waals surface area (Å²) in [4.78, 5) is 1.23. The molecule has 0 amide bonds. The summed E-state index contributed by atoms with van der Waals surface area (Å²) in [7, 11) is 0.